The molecule has 0 aromatic rings. The summed E-state index contributed by atoms with van der Waals surface area (Å²) in [5.41, 5.74) is 0. The SMILES string of the molecule is CCCCCCCCCCCCCCCCCC(=O)OC[C@@H](O)[C@H]1OC[C@H](O)[C@H]1O.CCCCCCCCCCCCCCCCCC(=O)OC[C@@H](O)[C@H]1OC[C@H](O)[C@H]1O. The Labute approximate surface area is 364 Å². The summed E-state index contributed by atoms with van der Waals surface area (Å²) in [6.45, 7) is 4.05. The van der Waals surface area contributed by atoms with Gasteiger partial charge < -0.3 is 49.6 Å². The van der Waals surface area contributed by atoms with Crippen molar-refractivity contribution in [2.45, 2.75) is 268 Å². The van der Waals surface area contributed by atoms with E-state index in [1.807, 2.05) is 0 Å². The number of unbranched alkanes of at least 4 members (excludes halogenated alkanes) is 28. The molecule has 356 valence electrons. The molecule has 0 radical (unpaired) electrons. The third kappa shape index (κ3) is 29.8. The summed E-state index contributed by atoms with van der Waals surface area (Å²) in [6.07, 6.45) is 30.8. The Hall–Kier alpha value is -1.38. The maximum Gasteiger partial charge on any atom is 0.305 e. The molecule has 0 aromatic carbocycles. The molecular formula is C48H92O12. The van der Waals surface area contributed by atoms with Crippen molar-refractivity contribution in [1.82, 2.24) is 0 Å². The predicted octanol–water partition coefficient (Wildman–Crippen LogP) is 8.55. The van der Waals surface area contributed by atoms with Gasteiger partial charge in [-0.15, -0.1) is 0 Å². The lowest BCUT2D eigenvalue weighted by molar-refractivity contribution is -0.151. The van der Waals surface area contributed by atoms with Crippen molar-refractivity contribution in [3.05, 3.63) is 0 Å². The van der Waals surface area contributed by atoms with E-state index in [2.05, 4.69) is 13.8 Å². The largest absolute Gasteiger partial charge is 0.463 e. The number of carbonyl (C=O) groups is 2. The number of carbonyl (C=O) groups excluding carboxylic acids is 2. The monoisotopic (exact) mass is 861 g/mol. The summed E-state index contributed by atoms with van der Waals surface area (Å²) in [4.78, 5) is 23.5. The second-order valence-electron chi connectivity index (χ2n) is 17.6. The van der Waals surface area contributed by atoms with Crippen LogP contribution < -0.4 is 0 Å². The lowest BCUT2D eigenvalue weighted by Gasteiger charge is -2.20. The van der Waals surface area contributed by atoms with Crippen LogP contribution in [-0.4, -0.2) is 118 Å². The van der Waals surface area contributed by atoms with Crippen LogP contribution in [0.1, 0.15) is 219 Å². The second kappa shape index (κ2) is 39.2. The van der Waals surface area contributed by atoms with E-state index in [9.17, 15) is 40.2 Å². The maximum atomic E-state index is 11.8. The Morgan fingerprint density at radius 2 is 0.667 bits per heavy atom. The molecule has 0 bridgehead atoms. The van der Waals surface area contributed by atoms with Crippen LogP contribution in [0.4, 0.5) is 0 Å². The molecule has 0 aromatic heterocycles. The van der Waals surface area contributed by atoms with Crippen molar-refractivity contribution in [2.75, 3.05) is 26.4 Å². The van der Waals surface area contributed by atoms with Crippen LogP contribution in [0.25, 0.3) is 0 Å². The van der Waals surface area contributed by atoms with E-state index in [1.54, 1.807) is 0 Å². The lowest BCUT2D eigenvalue weighted by Crippen LogP contribution is -2.41. The van der Waals surface area contributed by atoms with Crippen molar-refractivity contribution in [2.24, 2.45) is 0 Å². The summed E-state index contributed by atoms with van der Waals surface area (Å²) in [7, 11) is 0. The van der Waals surface area contributed by atoms with Gasteiger partial charge in [0, 0.05) is 12.8 Å². The van der Waals surface area contributed by atoms with Crippen LogP contribution in [0.3, 0.4) is 0 Å². The van der Waals surface area contributed by atoms with Gasteiger partial charge in [0.2, 0.25) is 0 Å². The molecule has 12 nitrogen and oxygen atoms in total. The van der Waals surface area contributed by atoms with E-state index < -0.39 is 48.8 Å². The van der Waals surface area contributed by atoms with Crippen LogP contribution in [0.2, 0.25) is 0 Å². The highest BCUT2D eigenvalue weighted by molar-refractivity contribution is 5.69. The van der Waals surface area contributed by atoms with E-state index in [1.165, 1.54) is 154 Å². The third-order valence-corrected chi connectivity index (χ3v) is 11.9. The van der Waals surface area contributed by atoms with E-state index in [4.69, 9.17) is 18.9 Å². The first kappa shape index (κ1) is 56.6. The minimum Gasteiger partial charge on any atom is -0.463 e. The van der Waals surface area contributed by atoms with Gasteiger partial charge in [0.15, 0.2) is 0 Å². The van der Waals surface area contributed by atoms with E-state index >= 15 is 0 Å². The molecule has 6 N–H and O–H groups in total. The zero-order chi connectivity index (χ0) is 44.1. The highest BCUT2D eigenvalue weighted by Crippen LogP contribution is 2.20. The summed E-state index contributed by atoms with van der Waals surface area (Å²) >= 11 is 0. The van der Waals surface area contributed by atoms with Gasteiger partial charge in [-0.05, 0) is 12.8 Å². The standard InChI is InChI=1S/2C24H46O6/c2*1-2-3-4-5-6-7-8-9-10-11-12-13-14-15-16-17-22(27)29-19-21(26)24-23(28)20(25)18-30-24/h2*20-21,23-26,28H,2-19H2,1H3/t2*20-,21+,23+,24+/m00/s1. The smallest absolute Gasteiger partial charge is 0.305 e. The Bertz CT molecular complexity index is 909. The fraction of sp³-hybridized carbons (Fsp3) is 0.958. The molecule has 2 aliphatic rings. The van der Waals surface area contributed by atoms with Gasteiger partial charge in [-0.2, -0.15) is 0 Å². The molecule has 12 heteroatoms. The van der Waals surface area contributed by atoms with Crippen molar-refractivity contribution >= 4 is 11.9 Å². The Kier molecular flexibility index (Phi) is 37.0. The van der Waals surface area contributed by atoms with Crippen LogP contribution >= 0.6 is 0 Å². The molecule has 0 aliphatic carbocycles. The van der Waals surface area contributed by atoms with Gasteiger partial charge >= 0.3 is 11.9 Å². The van der Waals surface area contributed by atoms with E-state index in [0.717, 1.165) is 38.5 Å². The lowest BCUT2D eigenvalue weighted by atomic mass is 10.0. The summed E-state index contributed by atoms with van der Waals surface area (Å²) < 4.78 is 20.4. The number of aliphatic hydroxyl groups is 6. The second-order valence-corrected chi connectivity index (χ2v) is 17.6. The average molecular weight is 861 g/mol. The van der Waals surface area contributed by atoms with Crippen LogP contribution in [-0.2, 0) is 28.5 Å². The maximum absolute atomic E-state index is 11.8. The van der Waals surface area contributed by atoms with Gasteiger partial charge in [-0.1, -0.05) is 194 Å². The van der Waals surface area contributed by atoms with Crippen molar-refractivity contribution < 1.29 is 59.2 Å². The van der Waals surface area contributed by atoms with Gasteiger partial charge in [-0.25, -0.2) is 0 Å². The quantitative estimate of drug-likeness (QED) is 0.0257. The number of hydrogen-bond donors (Lipinski definition) is 6. The normalized spacial score (nSPS) is 22.3. The summed E-state index contributed by atoms with van der Waals surface area (Å²) in [6, 6.07) is 0. The molecule has 0 saturated carbocycles. The molecule has 0 amide bonds. The van der Waals surface area contributed by atoms with Crippen molar-refractivity contribution in [3.8, 4) is 0 Å². The molecule has 2 saturated heterocycles. The number of rotatable bonds is 38. The van der Waals surface area contributed by atoms with E-state index in [0.29, 0.717) is 12.8 Å². The molecule has 0 spiro atoms. The van der Waals surface area contributed by atoms with Crippen molar-refractivity contribution in [3.63, 3.8) is 0 Å². The highest BCUT2D eigenvalue weighted by atomic mass is 16.6. The zero-order valence-corrected chi connectivity index (χ0v) is 38.2. The van der Waals surface area contributed by atoms with Gasteiger partial charge in [0.1, 0.15) is 62.0 Å². The van der Waals surface area contributed by atoms with Crippen LogP contribution in [0.15, 0.2) is 0 Å². The van der Waals surface area contributed by atoms with Crippen LogP contribution in [0, 0.1) is 0 Å². The fourth-order valence-electron chi connectivity index (χ4n) is 7.90. The number of ether oxygens (including phenoxy) is 4. The van der Waals surface area contributed by atoms with Crippen LogP contribution in [0.5, 0.6) is 0 Å². The minimum atomic E-state index is -1.14. The van der Waals surface area contributed by atoms with Gasteiger partial charge in [0.05, 0.1) is 13.2 Å². The molecule has 2 aliphatic heterocycles. The fourth-order valence-corrected chi connectivity index (χ4v) is 7.90. The van der Waals surface area contributed by atoms with E-state index in [-0.39, 0.29) is 38.4 Å². The molecule has 2 heterocycles. The third-order valence-electron chi connectivity index (χ3n) is 11.9. The highest BCUT2D eigenvalue weighted by Gasteiger charge is 2.40. The minimum absolute atomic E-state index is 0.0179. The summed E-state index contributed by atoms with van der Waals surface area (Å²) in [5, 5.41) is 58.0. The first-order valence-corrected chi connectivity index (χ1v) is 24.7. The Balaban J connectivity index is 0.000000600. The van der Waals surface area contributed by atoms with Gasteiger partial charge in [0.25, 0.3) is 0 Å². The molecule has 60 heavy (non-hydrogen) atoms. The molecule has 0 unspecified atom stereocenters. The van der Waals surface area contributed by atoms with Gasteiger partial charge in [-0.3, -0.25) is 9.59 Å². The number of hydrogen-bond acceptors (Lipinski definition) is 12. The zero-order valence-electron chi connectivity index (χ0n) is 38.2. The summed E-state index contributed by atoms with van der Waals surface area (Å²) in [5.74, 6) is -0.673. The number of aliphatic hydroxyl groups excluding tert-OH is 6. The first-order valence-electron chi connectivity index (χ1n) is 24.7. The topological polar surface area (TPSA) is 192 Å². The average Bonchev–Trinajstić information content (AvgIpc) is 3.76. The van der Waals surface area contributed by atoms with Crippen molar-refractivity contribution in [1.29, 1.82) is 0 Å². The Morgan fingerprint density at radius 3 is 0.883 bits per heavy atom. The number of esters is 2. The molecular weight excluding hydrogens is 769 g/mol. The molecule has 8 atom stereocenters. The molecule has 2 fully saturated rings. The Morgan fingerprint density at radius 1 is 0.433 bits per heavy atom. The first-order chi connectivity index (χ1) is 29.1. The predicted molar refractivity (Wildman–Crippen MR) is 237 cm³/mol. The molecule has 2 rings (SSSR count).